The molecule has 0 radical (unpaired) electrons. The van der Waals surface area contributed by atoms with Crippen LogP contribution in [0, 0.1) is 0 Å². The maximum atomic E-state index is 10.6. The molecule has 0 saturated carbocycles. The van der Waals surface area contributed by atoms with Crippen LogP contribution in [-0.2, 0) is 0 Å². The first-order valence-electron chi connectivity index (χ1n) is 7.52. The van der Waals surface area contributed by atoms with E-state index in [1.807, 2.05) is 60.7 Å². The highest BCUT2D eigenvalue weighted by atomic mass is 16.3. The van der Waals surface area contributed by atoms with Crippen LogP contribution in [0.3, 0.4) is 0 Å². The molecule has 23 heavy (non-hydrogen) atoms. The van der Waals surface area contributed by atoms with Crippen LogP contribution >= 0.6 is 0 Å². The average molecular weight is 302 g/mol. The van der Waals surface area contributed by atoms with Crippen molar-refractivity contribution >= 4 is 16.3 Å². The minimum atomic E-state index is 0.0987. The van der Waals surface area contributed by atoms with Crippen LogP contribution in [0.15, 0.2) is 90.8 Å². The van der Waals surface area contributed by atoms with E-state index in [2.05, 4.69) is 6.58 Å². The monoisotopic (exact) mass is 302 g/mol. The van der Waals surface area contributed by atoms with Gasteiger partial charge in [0.05, 0.1) is 0 Å². The van der Waals surface area contributed by atoms with E-state index in [9.17, 15) is 10.2 Å². The summed E-state index contributed by atoms with van der Waals surface area (Å²) in [5.74, 6) is 0.224. The molecule has 0 spiro atoms. The fourth-order valence-corrected chi connectivity index (χ4v) is 2.73. The van der Waals surface area contributed by atoms with E-state index >= 15 is 0 Å². The molecule has 0 unspecified atom stereocenters. The normalized spacial score (nSPS) is 19.6. The molecule has 2 nitrogen and oxygen atoms in total. The lowest BCUT2D eigenvalue weighted by molar-refractivity contribution is 0.433. The number of phenolic OH excluding ortho intramolecular Hbond substituents is 1. The molecule has 0 aromatic heterocycles. The van der Waals surface area contributed by atoms with Crippen molar-refractivity contribution in [3.63, 3.8) is 0 Å². The van der Waals surface area contributed by atoms with Crippen molar-refractivity contribution in [2.75, 3.05) is 0 Å². The second-order valence-corrected chi connectivity index (χ2v) is 5.39. The van der Waals surface area contributed by atoms with E-state index < -0.39 is 0 Å². The van der Waals surface area contributed by atoms with Gasteiger partial charge in [0.2, 0.25) is 0 Å². The minimum Gasteiger partial charge on any atom is -0.507 e. The van der Waals surface area contributed by atoms with Crippen LogP contribution < -0.4 is 0 Å². The predicted octanol–water partition coefficient (Wildman–Crippen LogP) is 5.44. The molecule has 2 heteroatoms. The Bertz CT molecular complexity index is 880. The Labute approximate surface area is 135 Å². The van der Waals surface area contributed by atoms with Crippen LogP contribution in [-0.4, -0.2) is 10.2 Å². The standard InChI is InChI=1S/C21H18O2/c1-15-9-5-3-2-4-6-12-18(22)20(15)21-17-11-8-7-10-16(17)13-14-19(21)23/h2-3,5-14,22-23H,1,4H2/b3-2-,9-5-,12-6-,20-18?. The number of aliphatic hydroxyl groups excluding tert-OH is 1. The molecule has 114 valence electrons. The largest absolute Gasteiger partial charge is 0.507 e. The highest BCUT2D eigenvalue weighted by Gasteiger charge is 2.17. The first-order valence-corrected chi connectivity index (χ1v) is 7.52. The van der Waals surface area contributed by atoms with Crippen molar-refractivity contribution in [3.8, 4) is 5.75 Å². The Hall–Kier alpha value is -3.00. The number of hydrogen-bond donors (Lipinski definition) is 2. The lowest BCUT2D eigenvalue weighted by Gasteiger charge is -2.15. The number of allylic oxidation sites excluding steroid dienone is 8. The summed E-state index contributed by atoms with van der Waals surface area (Å²) in [4.78, 5) is 0. The second kappa shape index (κ2) is 6.41. The van der Waals surface area contributed by atoms with Crippen LogP contribution in [0.1, 0.15) is 12.0 Å². The third-order valence-corrected chi connectivity index (χ3v) is 3.83. The van der Waals surface area contributed by atoms with Gasteiger partial charge in [0, 0.05) is 11.1 Å². The van der Waals surface area contributed by atoms with Gasteiger partial charge in [-0.2, -0.15) is 0 Å². The highest BCUT2D eigenvalue weighted by molar-refractivity contribution is 6.01. The summed E-state index contributed by atoms with van der Waals surface area (Å²) in [7, 11) is 0. The van der Waals surface area contributed by atoms with Crippen molar-refractivity contribution in [1.29, 1.82) is 0 Å². The highest BCUT2D eigenvalue weighted by Crippen LogP contribution is 2.38. The molecule has 2 aromatic rings. The third-order valence-electron chi connectivity index (χ3n) is 3.83. The van der Waals surface area contributed by atoms with Crippen molar-refractivity contribution in [3.05, 3.63) is 96.3 Å². The van der Waals surface area contributed by atoms with Crippen LogP contribution in [0.2, 0.25) is 0 Å². The number of aliphatic hydroxyl groups is 1. The van der Waals surface area contributed by atoms with Gasteiger partial charge in [0.15, 0.2) is 0 Å². The molecular weight excluding hydrogens is 284 g/mol. The summed E-state index contributed by atoms with van der Waals surface area (Å²) in [6.07, 6.45) is 11.9. The Morgan fingerprint density at radius 3 is 2.57 bits per heavy atom. The zero-order chi connectivity index (χ0) is 16.2. The zero-order valence-electron chi connectivity index (χ0n) is 12.7. The van der Waals surface area contributed by atoms with Crippen LogP contribution in [0.5, 0.6) is 5.75 Å². The van der Waals surface area contributed by atoms with Crippen molar-refractivity contribution in [2.45, 2.75) is 6.42 Å². The molecule has 0 atom stereocenters. The molecular formula is C21H18O2. The van der Waals surface area contributed by atoms with Gasteiger partial charge in [0.1, 0.15) is 11.5 Å². The van der Waals surface area contributed by atoms with Crippen molar-refractivity contribution in [2.24, 2.45) is 0 Å². The molecule has 0 aliphatic heterocycles. The van der Waals surface area contributed by atoms with Crippen molar-refractivity contribution in [1.82, 2.24) is 0 Å². The fourth-order valence-electron chi connectivity index (χ4n) is 2.73. The average Bonchev–Trinajstić information content (AvgIpc) is 2.56. The van der Waals surface area contributed by atoms with Crippen LogP contribution in [0.25, 0.3) is 16.3 Å². The minimum absolute atomic E-state index is 0.0987. The van der Waals surface area contributed by atoms with E-state index in [4.69, 9.17) is 0 Å². The molecule has 0 bridgehead atoms. The molecule has 2 aromatic carbocycles. The van der Waals surface area contributed by atoms with Crippen LogP contribution in [0.4, 0.5) is 0 Å². The summed E-state index contributed by atoms with van der Waals surface area (Å²) in [5, 5.41) is 22.9. The van der Waals surface area contributed by atoms with Gasteiger partial charge in [-0.1, -0.05) is 67.3 Å². The van der Waals surface area contributed by atoms with Gasteiger partial charge in [-0.15, -0.1) is 0 Å². The molecule has 0 heterocycles. The SMILES string of the molecule is C=C1/C=C\C=C/C/C=C\C(O)=C1c1c(O)ccc2ccccc12. The number of benzene rings is 2. The Kier molecular flexibility index (Phi) is 4.15. The van der Waals surface area contributed by atoms with Gasteiger partial charge >= 0.3 is 0 Å². The molecule has 0 saturated heterocycles. The Morgan fingerprint density at radius 1 is 0.870 bits per heavy atom. The number of phenols is 1. The van der Waals surface area contributed by atoms with E-state index in [0.29, 0.717) is 16.7 Å². The molecule has 1 aliphatic rings. The molecule has 1 aliphatic carbocycles. The van der Waals surface area contributed by atoms with Gasteiger partial charge in [-0.3, -0.25) is 0 Å². The van der Waals surface area contributed by atoms with Gasteiger partial charge in [0.25, 0.3) is 0 Å². The molecule has 0 amide bonds. The maximum absolute atomic E-state index is 10.6. The quantitative estimate of drug-likeness (QED) is 0.736. The number of fused-ring (bicyclic) bond motifs is 1. The lowest BCUT2D eigenvalue weighted by Crippen LogP contribution is -1.95. The maximum Gasteiger partial charge on any atom is 0.124 e. The lowest BCUT2D eigenvalue weighted by atomic mass is 9.91. The topological polar surface area (TPSA) is 40.5 Å². The molecule has 0 fully saturated rings. The van der Waals surface area contributed by atoms with E-state index in [1.54, 1.807) is 12.1 Å². The summed E-state index contributed by atoms with van der Waals surface area (Å²) in [6.45, 7) is 4.06. The van der Waals surface area contributed by atoms with E-state index in [0.717, 1.165) is 17.2 Å². The first kappa shape index (κ1) is 14.9. The van der Waals surface area contributed by atoms with E-state index in [-0.39, 0.29) is 11.5 Å². The molecule has 3 rings (SSSR count). The van der Waals surface area contributed by atoms with Gasteiger partial charge < -0.3 is 10.2 Å². The zero-order valence-corrected chi connectivity index (χ0v) is 12.7. The first-order chi connectivity index (χ1) is 11.2. The second-order valence-electron chi connectivity index (χ2n) is 5.39. The smallest absolute Gasteiger partial charge is 0.124 e. The number of aromatic hydroxyl groups is 1. The third kappa shape index (κ3) is 2.97. The van der Waals surface area contributed by atoms with Gasteiger partial charge in [-0.25, -0.2) is 0 Å². The van der Waals surface area contributed by atoms with E-state index in [1.165, 1.54) is 0 Å². The molecule has 2 N–H and O–H groups in total. The summed E-state index contributed by atoms with van der Waals surface area (Å²) < 4.78 is 0. The Balaban J connectivity index is 2.31. The number of rotatable bonds is 1. The van der Waals surface area contributed by atoms with Crippen molar-refractivity contribution < 1.29 is 10.2 Å². The fraction of sp³-hybridized carbons (Fsp3) is 0.0476. The van der Waals surface area contributed by atoms with Gasteiger partial charge in [-0.05, 0) is 34.9 Å². The predicted molar refractivity (Wildman–Crippen MR) is 96.3 cm³/mol. The Morgan fingerprint density at radius 2 is 1.70 bits per heavy atom. The summed E-state index contributed by atoms with van der Waals surface area (Å²) in [6, 6.07) is 11.3. The number of hydrogen-bond acceptors (Lipinski definition) is 2. The summed E-state index contributed by atoms with van der Waals surface area (Å²) >= 11 is 0. The summed E-state index contributed by atoms with van der Waals surface area (Å²) in [5.41, 5.74) is 1.79.